The van der Waals surface area contributed by atoms with Crippen molar-refractivity contribution in [1.82, 2.24) is 10.2 Å². The van der Waals surface area contributed by atoms with Gasteiger partial charge in [-0.15, -0.1) is 0 Å². The molecule has 4 heteroatoms. The molecule has 2 aliphatic carbocycles. The quantitative estimate of drug-likeness (QED) is 0.843. The molecule has 4 nitrogen and oxygen atoms in total. The Hall–Kier alpha value is -0.160. The fourth-order valence-corrected chi connectivity index (χ4v) is 5.35. The van der Waals surface area contributed by atoms with Gasteiger partial charge in [0.2, 0.25) is 0 Å². The largest absolute Gasteiger partial charge is 0.379 e. The zero-order chi connectivity index (χ0) is 15.7. The number of hydrogen-bond donors (Lipinski definition) is 1. The lowest BCUT2D eigenvalue weighted by Gasteiger charge is -2.46. The fourth-order valence-electron chi connectivity index (χ4n) is 5.35. The van der Waals surface area contributed by atoms with E-state index in [1.165, 1.54) is 64.5 Å². The van der Waals surface area contributed by atoms with E-state index in [4.69, 9.17) is 9.47 Å². The van der Waals surface area contributed by atoms with Gasteiger partial charge in [0.15, 0.2) is 0 Å². The van der Waals surface area contributed by atoms with Gasteiger partial charge in [0.25, 0.3) is 0 Å². The average Bonchev–Trinajstić information content (AvgIpc) is 3.16. The Morgan fingerprint density at radius 2 is 1.87 bits per heavy atom. The monoisotopic (exact) mass is 322 g/mol. The molecule has 0 amide bonds. The van der Waals surface area contributed by atoms with Gasteiger partial charge in [-0.05, 0) is 69.2 Å². The molecule has 2 aliphatic heterocycles. The average molecular weight is 322 g/mol. The summed E-state index contributed by atoms with van der Waals surface area (Å²) >= 11 is 0. The molecule has 1 N–H and O–H groups in total. The molecule has 132 valence electrons. The molecule has 0 aromatic heterocycles. The van der Waals surface area contributed by atoms with E-state index in [2.05, 4.69) is 10.2 Å². The molecular weight excluding hydrogens is 288 g/mol. The van der Waals surface area contributed by atoms with E-state index >= 15 is 0 Å². The highest BCUT2D eigenvalue weighted by Gasteiger charge is 2.42. The smallest absolute Gasteiger partial charge is 0.0825 e. The Morgan fingerprint density at radius 3 is 2.57 bits per heavy atom. The molecule has 0 aromatic rings. The fraction of sp³-hybridized carbons (Fsp3) is 1.00. The molecule has 4 aliphatic rings. The van der Waals surface area contributed by atoms with E-state index in [-0.39, 0.29) is 0 Å². The van der Waals surface area contributed by atoms with Crippen LogP contribution in [0.1, 0.15) is 51.4 Å². The Balaban J connectivity index is 1.14. The molecule has 0 bridgehead atoms. The van der Waals surface area contributed by atoms with Crippen LogP contribution >= 0.6 is 0 Å². The van der Waals surface area contributed by atoms with Crippen LogP contribution in [0, 0.1) is 11.3 Å². The molecule has 2 atom stereocenters. The van der Waals surface area contributed by atoms with Crippen LogP contribution in [0.15, 0.2) is 0 Å². The number of hydrogen-bond acceptors (Lipinski definition) is 4. The Morgan fingerprint density at radius 1 is 1.04 bits per heavy atom. The van der Waals surface area contributed by atoms with E-state index in [1.54, 1.807) is 0 Å². The first-order chi connectivity index (χ1) is 11.3. The summed E-state index contributed by atoms with van der Waals surface area (Å²) in [6.07, 6.45) is 11.8. The summed E-state index contributed by atoms with van der Waals surface area (Å²) in [5.41, 5.74) is 0.595. The van der Waals surface area contributed by atoms with E-state index in [0.29, 0.717) is 17.6 Å². The van der Waals surface area contributed by atoms with Crippen molar-refractivity contribution >= 4 is 0 Å². The first-order valence-electron chi connectivity index (χ1n) is 9.85. The highest BCUT2D eigenvalue weighted by Crippen LogP contribution is 2.44. The summed E-state index contributed by atoms with van der Waals surface area (Å²) in [4.78, 5) is 2.62. The van der Waals surface area contributed by atoms with Crippen molar-refractivity contribution in [3.63, 3.8) is 0 Å². The second kappa shape index (κ2) is 6.99. The summed E-state index contributed by atoms with van der Waals surface area (Å²) in [7, 11) is 1.84. The van der Waals surface area contributed by atoms with E-state index in [1.807, 2.05) is 7.11 Å². The number of likely N-dealkylation sites (tertiary alicyclic amines) is 1. The molecule has 2 unspecified atom stereocenters. The van der Waals surface area contributed by atoms with Crippen LogP contribution in [0.25, 0.3) is 0 Å². The summed E-state index contributed by atoms with van der Waals surface area (Å²) in [5, 5.41) is 3.55. The third-order valence-corrected chi connectivity index (χ3v) is 7.10. The van der Waals surface area contributed by atoms with Gasteiger partial charge in [-0.2, -0.15) is 0 Å². The van der Waals surface area contributed by atoms with Gasteiger partial charge < -0.3 is 14.8 Å². The molecule has 4 fully saturated rings. The molecular formula is C19H34N2O2. The van der Waals surface area contributed by atoms with Crippen molar-refractivity contribution in [2.75, 3.05) is 39.9 Å². The van der Waals surface area contributed by atoms with Crippen molar-refractivity contribution in [2.45, 2.75) is 69.6 Å². The van der Waals surface area contributed by atoms with Crippen molar-refractivity contribution < 1.29 is 9.47 Å². The van der Waals surface area contributed by atoms with Gasteiger partial charge in [-0.25, -0.2) is 0 Å². The summed E-state index contributed by atoms with van der Waals surface area (Å²) in [5.74, 6) is 0.809. The Kier molecular flexibility index (Phi) is 4.96. The van der Waals surface area contributed by atoms with Crippen LogP contribution in [-0.4, -0.2) is 63.0 Å². The standard InChI is InChI=1S/C19H34N2O2/c1-22-18-11-21(12-18)16-4-2-15(3-5-16)13-23-17-6-7-19(10-17)8-9-20-14-19/h15-18,20H,2-14H2,1H3. The molecule has 2 saturated heterocycles. The molecule has 2 heterocycles. The van der Waals surface area contributed by atoms with Gasteiger partial charge in [-0.3, -0.25) is 4.90 Å². The number of ether oxygens (including phenoxy) is 2. The Bertz CT molecular complexity index is 383. The predicted octanol–water partition coefficient (Wildman–Crippen LogP) is 2.42. The third kappa shape index (κ3) is 3.60. The zero-order valence-electron chi connectivity index (χ0n) is 14.8. The molecule has 23 heavy (non-hydrogen) atoms. The topological polar surface area (TPSA) is 33.7 Å². The van der Waals surface area contributed by atoms with Gasteiger partial charge >= 0.3 is 0 Å². The zero-order valence-corrected chi connectivity index (χ0v) is 14.8. The highest BCUT2D eigenvalue weighted by atomic mass is 16.5. The summed E-state index contributed by atoms with van der Waals surface area (Å²) in [6.45, 7) is 5.77. The van der Waals surface area contributed by atoms with Gasteiger partial charge in [0.05, 0.1) is 12.2 Å². The Labute approximate surface area is 141 Å². The van der Waals surface area contributed by atoms with Crippen molar-refractivity contribution in [2.24, 2.45) is 11.3 Å². The molecule has 4 rings (SSSR count). The second-order valence-corrected chi connectivity index (χ2v) is 8.61. The highest BCUT2D eigenvalue weighted by molar-refractivity contribution is 4.95. The molecule has 0 radical (unpaired) electrons. The summed E-state index contributed by atoms with van der Waals surface area (Å²) < 4.78 is 11.7. The lowest BCUT2D eigenvalue weighted by Crippen LogP contribution is -2.56. The number of nitrogens with one attached hydrogen (secondary N) is 1. The van der Waals surface area contributed by atoms with Crippen LogP contribution in [0.4, 0.5) is 0 Å². The van der Waals surface area contributed by atoms with Crippen LogP contribution in [0.2, 0.25) is 0 Å². The van der Waals surface area contributed by atoms with E-state index in [9.17, 15) is 0 Å². The lowest BCUT2D eigenvalue weighted by molar-refractivity contribution is -0.0636. The molecule has 1 spiro atoms. The minimum atomic E-state index is 0.496. The third-order valence-electron chi connectivity index (χ3n) is 7.10. The molecule has 2 saturated carbocycles. The van der Waals surface area contributed by atoms with Crippen LogP contribution < -0.4 is 5.32 Å². The van der Waals surface area contributed by atoms with E-state index in [0.717, 1.165) is 31.7 Å². The second-order valence-electron chi connectivity index (χ2n) is 8.61. The maximum atomic E-state index is 6.34. The normalized spacial score (nSPS) is 42.4. The first kappa shape index (κ1) is 16.3. The van der Waals surface area contributed by atoms with E-state index < -0.39 is 0 Å². The summed E-state index contributed by atoms with van der Waals surface area (Å²) in [6, 6.07) is 0.817. The van der Waals surface area contributed by atoms with Crippen molar-refractivity contribution in [3.8, 4) is 0 Å². The lowest BCUT2D eigenvalue weighted by atomic mass is 9.84. The number of nitrogens with zero attached hydrogens (tertiary/aromatic N) is 1. The minimum absolute atomic E-state index is 0.496. The molecule has 0 aromatic carbocycles. The number of rotatable bonds is 5. The van der Waals surface area contributed by atoms with Crippen molar-refractivity contribution in [1.29, 1.82) is 0 Å². The van der Waals surface area contributed by atoms with Gasteiger partial charge in [0.1, 0.15) is 0 Å². The maximum absolute atomic E-state index is 6.34. The SMILES string of the molecule is COC1CN(C2CCC(COC3CCC4(CCNC4)C3)CC2)C1. The minimum Gasteiger partial charge on any atom is -0.379 e. The maximum Gasteiger partial charge on any atom is 0.0825 e. The van der Waals surface area contributed by atoms with Crippen LogP contribution in [0.5, 0.6) is 0 Å². The van der Waals surface area contributed by atoms with Gasteiger partial charge in [-0.1, -0.05) is 0 Å². The van der Waals surface area contributed by atoms with Crippen molar-refractivity contribution in [3.05, 3.63) is 0 Å². The van der Waals surface area contributed by atoms with Gasteiger partial charge in [0, 0.05) is 39.4 Å². The van der Waals surface area contributed by atoms with Crippen LogP contribution in [-0.2, 0) is 9.47 Å². The number of methoxy groups -OCH3 is 1. The first-order valence-corrected chi connectivity index (χ1v) is 9.85. The predicted molar refractivity (Wildman–Crippen MR) is 91.6 cm³/mol. The van der Waals surface area contributed by atoms with Crippen LogP contribution in [0.3, 0.4) is 0 Å².